The van der Waals surface area contributed by atoms with Gasteiger partial charge in [0.15, 0.2) is 0 Å². The molecule has 0 spiro atoms. The van der Waals surface area contributed by atoms with Gasteiger partial charge in [0.05, 0.1) is 17.4 Å². The van der Waals surface area contributed by atoms with E-state index in [9.17, 15) is 13.6 Å². The number of carbonyl (C=O) groups excluding carboxylic acids is 1. The lowest BCUT2D eigenvalue weighted by Crippen LogP contribution is -2.39. The summed E-state index contributed by atoms with van der Waals surface area (Å²) in [6.45, 7) is 2.30. The van der Waals surface area contributed by atoms with Gasteiger partial charge in [-0.15, -0.1) is 11.3 Å². The van der Waals surface area contributed by atoms with E-state index in [1.54, 1.807) is 31.3 Å². The monoisotopic (exact) mass is 475 g/mol. The molecule has 1 amide bonds. The summed E-state index contributed by atoms with van der Waals surface area (Å²) in [5.74, 6) is -1.52. The van der Waals surface area contributed by atoms with Crippen LogP contribution in [-0.4, -0.2) is 58.9 Å². The number of thiophene rings is 1. The van der Waals surface area contributed by atoms with E-state index in [1.807, 2.05) is 24.9 Å². The van der Waals surface area contributed by atoms with Crippen molar-refractivity contribution in [2.24, 2.45) is 0 Å². The maximum Gasteiger partial charge on any atom is 0.264 e. The molecule has 1 aliphatic rings. The van der Waals surface area contributed by atoms with Crippen molar-refractivity contribution < 1.29 is 18.3 Å². The number of hydrogen-bond acceptors (Lipinski definition) is 7. The van der Waals surface area contributed by atoms with Crippen molar-refractivity contribution in [2.75, 3.05) is 26.1 Å². The zero-order chi connectivity index (χ0) is 23.8. The molecule has 1 fully saturated rings. The number of halogens is 2. The number of hydrogen-bond donors (Lipinski definition) is 0. The van der Waals surface area contributed by atoms with Crippen LogP contribution < -0.4 is 9.64 Å². The van der Waals surface area contributed by atoms with Crippen molar-refractivity contribution in [3.05, 3.63) is 40.7 Å². The lowest BCUT2D eigenvalue weighted by atomic mass is 9.91. The number of ether oxygens (including phenoxy) is 1. The van der Waals surface area contributed by atoms with E-state index in [0.717, 1.165) is 16.5 Å². The van der Waals surface area contributed by atoms with Crippen molar-refractivity contribution in [3.8, 4) is 5.88 Å². The van der Waals surface area contributed by atoms with Crippen LogP contribution in [0.25, 0.3) is 10.2 Å². The van der Waals surface area contributed by atoms with Gasteiger partial charge in [0, 0.05) is 51.8 Å². The van der Waals surface area contributed by atoms with E-state index in [-0.39, 0.29) is 24.8 Å². The highest BCUT2D eigenvalue weighted by atomic mass is 32.1. The Morgan fingerprint density at radius 3 is 2.67 bits per heavy atom. The van der Waals surface area contributed by atoms with Crippen molar-refractivity contribution in [3.63, 3.8) is 0 Å². The maximum atomic E-state index is 13.6. The van der Waals surface area contributed by atoms with E-state index in [2.05, 4.69) is 15.0 Å². The van der Waals surface area contributed by atoms with E-state index >= 15 is 0 Å². The summed E-state index contributed by atoms with van der Waals surface area (Å²) in [5.41, 5.74) is 1.72. The van der Waals surface area contributed by atoms with Crippen LogP contribution in [0.4, 0.5) is 14.6 Å². The van der Waals surface area contributed by atoms with Crippen LogP contribution in [-0.2, 0) is 6.54 Å². The van der Waals surface area contributed by atoms with Crippen LogP contribution in [0.2, 0.25) is 0 Å². The highest BCUT2D eigenvalue weighted by Gasteiger charge is 2.37. The lowest BCUT2D eigenvalue weighted by molar-refractivity contribution is -0.0378. The average molecular weight is 476 g/mol. The molecule has 0 atom stereocenters. The molecule has 0 saturated heterocycles. The zero-order valence-corrected chi connectivity index (χ0v) is 20.0. The molecule has 10 heteroatoms. The highest BCUT2D eigenvalue weighted by molar-refractivity contribution is 7.20. The summed E-state index contributed by atoms with van der Waals surface area (Å²) >= 11 is 1.33. The first kappa shape index (κ1) is 23.3. The summed E-state index contributed by atoms with van der Waals surface area (Å²) in [6, 6.07) is 3.62. The number of aromatic nitrogens is 3. The molecule has 7 nitrogen and oxygen atoms in total. The minimum atomic E-state index is -2.58. The number of aryl methyl sites for hydroxylation is 1. The summed E-state index contributed by atoms with van der Waals surface area (Å²) in [6.07, 6.45) is 3.70. The van der Waals surface area contributed by atoms with E-state index in [1.165, 1.54) is 17.7 Å². The van der Waals surface area contributed by atoms with Gasteiger partial charge in [-0.1, -0.05) is 0 Å². The van der Waals surface area contributed by atoms with Crippen LogP contribution in [0.3, 0.4) is 0 Å². The third-order valence-corrected chi connectivity index (χ3v) is 7.43. The first-order valence-electron chi connectivity index (χ1n) is 10.8. The summed E-state index contributed by atoms with van der Waals surface area (Å²) < 4.78 is 32.4. The molecule has 176 valence electrons. The van der Waals surface area contributed by atoms with Gasteiger partial charge in [0.1, 0.15) is 17.0 Å². The molecule has 1 saturated carbocycles. The fraction of sp³-hybridized carbons (Fsp3) is 0.478. The predicted octanol–water partition coefficient (Wildman–Crippen LogP) is 4.69. The predicted molar refractivity (Wildman–Crippen MR) is 124 cm³/mol. The van der Waals surface area contributed by atoms with Crippen molar-refractivity contribution in [2.45, 2.75) is 51.1 Å². The molecule has 0 radical (unpaired) electrons. The first-order chi connectivity index (χ1) is 15.7. The molecule has 3 heterocycles. The van der Waals surface area contributed by atoms with Crippen LogP contribution in [0.5, 0.6) is 5.88 Å². The highest BCUT2D eigenvalue weighted by Crippen LogP contribution is 2.39. The second kappa shape index (κ2) is 9.17. The van der Waals surface area contributed by atoms with Gasteiger partial charge in [-0.25, -0.2) is 23.7 Å². The van der Waals surface area contributed by atoms with E-state index in [4.69, 9.17) is 4.74 Å². The normalized spacial score (nSPS) is 16.1. The number of fused-ring (bicyclic) bond motifs is 1. The fourth-order valence-electron chi connectivity index (χ4n) is 4.29. The average Bonchev–Trinajstić information content (AvgIpc) is 3.14. The molecule has 0 aliphatic heterocycles. The van der Waals surface area contributed by atoms with Crippen LogP contribution in [0, 0.1) is 6.92 Å². The molecule has 3 aromatic rings. The van der Waals surface area contributed by atoms with Gasteiger partial charge in [0.2, 0.25) is 11.8 Å². The number of alkyl halides is 2. The summed E-state index contributed by atoms with van der Waals surface area (Å²) in [7, 11) is 5.19. The van der Waals surface area contributed by atoms with Crippen LogP contribution >= 0.6 is 11.3 Å². The first-order valence-corrected chi connectivity index (χ1v) is 11.6. The van der Waals surface area contributed by atoms with Crippen molar-refractivity contribution >= 4 is 33.3 Å². The largest absolute Gasteiger partial charge is 0.481 e. The lowest BCUT2D eigenvalue weighted by Gasteiger charge is -2.35. The number of rotatable bonds is 6. The molecule has 0 bridgehead atoms. The third kappa shape index (κ3) is 4.75. The van der Waals surface area contributed by atoms with Gasteiger partial charge in [0.25, 0.3) is 5.91 Å². The number of methoxy groups -OCH3 is 1. The third-order valence-electron chi connectivity index (χ3n) is 6.24. The maximum absolute atomic E-state index is 13.6. The summed E-state index contributed by atoms with van der Waals surface area (Å²) in [5, 5.41) is 0.810. The Labute approximate surface area is 195 Å². The quantitative estimate of drug-likeness (QED) is 0.515. The molecule has 3 aromatic heterocycles. The van der Waals surface area contributed by atoms with Gasteiger partial charge in [-0.05, 0) is 37.0 Å². The van der Waals surface area contributed by atoms with E-state index in [0.29, 0.717) is 40.8 Å². The topological polar surface area (TPSA) is 71.5 Å². The molecule has 33 heavy (non-hydrogen) atoms. The second-order valence-electron chi connectivity index (χ2n) is 8.50. The van der Waals surface area contributed by atoms with Crippen molar-refractivity contribution in [1.29, 1.82) is 0 Å². The molecule has 1 aliphatic carbocycles. The Morgan fingerprint density at radius 2 is 1.97 bits per heavy atom. The Balaban J connectivity index is 1.59. The Morgan fingerprint density at radius 1 is 1.24 bits per heavy atom. The standard InChI is InChI=1S/C23H27F2N5O2S/c1-14-18-20(30(3)16-5-8-23(24,25)9-6-16)27-13-28-21(18)33-19(14)22(31)29(2)12-15-7-10-26-17(11-15)32-4/h7,10-11,13,16H,5-6,8-9,12H2,1-4H3. The molecular formula is C23H27F2N5O2S. The second-order valence-corrected chi connectivity index (χ2v) is 9.50. The Bertz CT molecular complexity index is 1160. The fourth-order valence-corrected chi connectivity index (χ4v) is 5.43. The van der Waals surface area contributed by atoms with E-state index < -0.39 is 5.92 Å². The molecule has 0 N–H and O–H groups in total. The minimum absolute atomic E-state index is 0.0227. The molecule has 0 aromatic carbocycles. The minimum Gasteiger partial charge on any atom is -0.481 e. The smallest absolute Gasteiger partial charge is 0.264 e. The molecule has 0 unspecified atom stereocenters. The SMILES string of the molecule is COc1cc(CN(C)C(=O)c2sc3ncnc(N(C)C4CCC(F)(F)CC4)c3c2C)ccn1. The van der Waals surface area contributed by atoms with Gasteiger partial charge in [-0.2, -0.15) is 0 Å². The zero-order valence-electron chi connectivity index (χ0n) is 19.1. The van der Waals surface area contributed by atoms with Gasteiger partial charge < -0.3 is 14.5 Å². The summed E-state index contributed by atoms with van der Waals surface area (Å²) in [4.78, 5) is 31.2. The number of amides is 1. The van der Waals surface area contributed by atoms with Crippen molar-refractivity contribution in [1.82, 2.24) is 19.9 Å². The molecular weight excluding hydrogens is 448 g/mol. The molecule has 4 rings (SSSR count). The number of pyridine rings is 1. The number of anilines is 1. The Hall–Kier alpha value is -2.88. The number of carbonyl (C=O) groups is 1. The van der Waals surface area contributed by atoms with Gasteiger partial charge in [-0.3, -0.25) is 4.79 Å². The van der Waals surface area contributed by atoms with Gasteiger partial charge >= 0.3 is 0 Å². The van der Waals surface area contributed by atoms with Crippen LogP contribution in [0.15, 0.2) is 24.7 Å². The number of nitrogens with zero attached hydrogens (tertiary/aromatic N) is 5. The van der Waals surface area contributed by atoms with Crippen LogP contribution in [0.1, 0.15) is 46.5 Å². The Kier molecular flexibility index (Phi) is 6.47.